The van der Waals surface area contributed by atoms with Gasteiger partial charge in [-0.1, -0.05) is 46.9 Å². The lowest BCUT2D eigenvalue weighted by Gasteiger charge is -2.32. The van der Waals surface area contributed by atoms with Crippen molar-refractivity contribution in [3.05, 3.63) is 30.1 Å². The molecule has 2 aromatic rings. The van der Waals surface area contributed by atoms with Gasteiger partial charge in [0.2, 0.25) is 9.74 Å². The summed E-state index contributed by atoms with van der Waals surface area (Å²) in [7, 11) is 2.09. The van der Waals surface area contributed by atoms with E-state index in [1.807, 2.05) is 30.5 Å². The fraction of sp³-hybridized carbons (Fsp3) is 0.438. The third kappa shape index (κ3) is 4.68. The minimum atomic E-state index is -1.70. The van der Waals surface area contributed by atoms with Crippen LogP contribution in [-0.4, -0.2) is 59.3 Å². The molecule has 1 aliphatic heterocycles. The number of alkyl halides is 3. The van der Waals surface area contributed by atoms with Crippen LogP contribution in [0, 0.1) is 0 Å². The number of nitrogens with zero attached hydrogens (tertiary/aromatic N) is 5. The number of anilines is 1. The molecule has 1 aromatic carbocycles. The number of hydrogen-bond acceptors (Lipinski definition) is 6. The molecule has 0 atom stereocenters. The molecule has 9 heteroatoms. The lowest BCUT2D eigenvalue weighted by atomic mass is 10.2. The van der Waals surface area contributed by atoms with E-state index in [2.05, 4.69) is 31.8 Å². The molecule has 0 saturated carbocycles. The second-order valence-electron chi connectivity index (χ2n) is 5.80. The number of rotatable bonds is 3. The molecule has 3 rings (SSSR count). The average Bonchev–Trinajstić information content (AvgIpc) is 2.61. The molecule has 1 aliphatic rings. The molecule has 0 aliphatic carbocycles. The van der Waals surface area contributed by atoms with E-state index in [9.17, 15) is 0 Å². The standard InChI is InChI=1S/C16H18Cl3N5S/c1-23-7-9-24(10-8-23)15-21-13(20-14(22-15)16(17,18)19)11-3-5-12(25-2)6-4-11/h3-6H,7-10H2,1-2H3. The summed E-state index contributed by atoms with van der Waals surface area (Å²) in [5.41, 5.74) is 0.867. The molecular weight excluding hydrogens is 401 g/mol. The van der Waals surface area contributed by atoms with Gasteiger partial charge in [0.25, 0.3) is 0 Å². The first-order valence-electron chi connectivity index (χ1n) is 7.78. The smallest absolute Gasteiger partial charge is 0.250 e. The monoisotopic (exact) mass is 417 g/mol. The molecule has 1 fully saturated rings. The minimum absolute atomic E-state index is 0.144. The lowest BCUT2D eigenvalue weighted by molar-refractivity contribution is 0.311. The molecule has 0 spiro atoms. The first-order valence-corrected chi connectivity index (χ1v) is 10.1. The van der Waals surface area contributed by atoms with E-state index in [-0.39, 0.29) is 5.82 Å². The Hall–Kier alpha value is -0.790. The Morgan fingerprint density at radius 2 is 1.60 bits per heavy atom. The Labute approximate surface area is 166 Å². The van der Waals surface area contributed by atoms with Crippen LogP contribution in [0.4, 0.5) is 5.95 Å². The van der Waals surface area contributed by atoms with Gasteiger partial charge >= 0.3 is 0 Å². The molecule has 134 valence electrons. The van der Waals surface area contributed by atoms with Crippen LogP contribution in [-0.2, 0) is 3.79 Å². The van der Waals surface area contributed by atoms with E-state index in [4.69, 9.17) is 34.8 Å². The summed E-state index contributed by atoms with van der Waals surface area (Å²) < 4.78 is -1.70. The molecule has 5 nitrogen and oxygen atoms in total. The van der Waals surface area contributed by atoms with Crippen LogP contribution >= 0.6 is 46.6 Å². The maximum atomic E-state index is 6.05. The second-order valence-corrected chi connectivity index (χ2v) is 8.96. The normalized spacial score (nSPS) is 16.3. The van der Waals surface area contributed by atoms with E-state index in [0.717, 1.165) is 31.7 Å². The zero-order valence-electron chi connectivity index (χ0n) is 13.9. The summed E-state index contributed by atoms with van der Waals surface area (Å²) in [6, 6.07) is 7.98. The van der Waals surface area contributed by atoms with Gasteiger partial charge in [-0.15, -0.1) is 11.8 Å². The van der Waals surface area contributed by atoms with Crippen LogP contribution in [0.1, 0.15) is 5.82 Å². The molecule has 0 N–H and O–H groups in total. The third-order valence-electron chi connectivity index (χ3n) is 4.01. The third-order valence-corrected chi connectivity index (χ3v) is 5.26. The number of likely N-dealkylation sites (N-methyl/N-ethyl adjacent to an activating group) is 1. The SMILES string of the molecule is CSc1ccc(-c2nc(N3CCN(C)CC3)nc(C(Cl)(Cl)Cl)n2)cc1. The van der Waals surface area contributed by atoms with Crippen molar-refractivity contribution in [2.24, 2.45) is 0 Å². The Kier molecular flexibility index (Phi) is 5.96. The van der Waals surface area contributed by atoms with Crippen molar-refractivity contribution in [2.45, 2.75) is 8.69 Å². The maximum Gasteiger partial charge on any atom is 0.250 e. The minimum Gasteiger partial charge on any atom is -0.338 e. The Morgan fingerprint density at radius 1 is 0.960 bits per heavy atom. The highest BCUT2D eigenvalue weighted by molar-refractivity contribution is 7.98. The highest BCUT2D eigenvalue weighted by Gasteiger charge is 2.30. The first kappa shape index (κ1) is 19.0. The van der Waals surface area contributed by atoms with Crippen LogP contribution in [0.25, 0.3) is 11.4 Å². The summed E-state index contributed by atoms with van der Waals surface area (Å²) in [6.45, 7) is 3.52. The van der Waals surface area contributed by atoms with Gasteiger partial charge in [-0.3, -0.25) is 0 Å². The van der Waals surface area contributed by atoms with E-state index < -0.39 is 3.79 Å². The van der Waals surface area contributed by atoms with Crippen LogP contribution in [0.3, 0.4) is 0 Å². The van der Waals surface area contributed by atoms with E-state index in [1.54, 1.807) is 11.8 Å². The summed E-state index contributed by atoms with van der Waals surface area (Å²) in [5, 5.41) is 0. The van der Waals surface area contributed by atoms with Gasteiger partial charge in [0.15, 0.2) is 11.6 Å². The number of benzene rings is 1. The molecule has 0 unspecified atom stereocenters. The topological polar surface area (TPSA) is 45.2 Å². The molecule has 0 amide bonds. The maximum absolute atomic E-state index is 6.05. The van der Waals surface area contributed by atoms with Crippen LogP contribution in [0.5, 0.6) is 0 Å². The summed E-state index contributed by atoms with van der Waals surface area (Å²) in [5.74, 6) is 1.21. The van der Waals surface area contributed by atoms with Crippen LogP contribution in [0.2, 0.25) is 0 Å². The van der Waals surface area contributed by atoms with Crippen molar-refractivity contribution in [2.75, 3.05) is 44.4 Å². The summed E-state index contributed by atoms with van der Waals surface area (Å²) >= 11 is 19.8. The molecule has 0 radical (unpaired) electrons. The van der Waals surface area contributed by atoms with Crippen molar-refractivity contribution in [1.29, 1.82) is 0 Å². The number of hydrogen-bond donors (Lipinski definition) is 0. The highest BCUT2D eigenvalue weighted by atomic mass is 35.6. The van der Waals surface area contributed by atoms with Gasteiger partial charge in [-0.25, -0.2) is 4.98 Å². The van der Waals surface area contributed by atoms with Crippen LogP contribution in [0.15, 0.2) is 29.2 Å². The Bertz CT molecular complexity index is 728. The first-order chi connectivity index (χ1) is 11.9. The second kappa shape index (κ2) is 7.84. The predicted octanol–water partition coefficient (Wildman–Crippen LogP) is 3.84. The molecule has 1 saturated heterocycles. The molecule has 2 heterocycles. The van der Waals surface area contributed by atoms with Crippen LogP contribution < -0.4 is 4.90 Å². The number of thioether (sulfide) groups is 1. The quantitative estimate of drug-likeness (QED) is 0.557. The van der Waals surface area contributed by atoms with Gasteiger partial charge in [0.1, 0.15) is 0 Å². The zero-order chi connectivity index (χ0) is 18.0. The van der Waals surface area contributed by atoms with E-state index >= 15 is 0 Å². The van der Waals surface area contributed by atoms with Crippen molar-refractivity contribution < 1.29 is 0 Å². The van der Waals surface area contributed by atoms with Gasteiger partial charge in [0.05, 0.1) is 0 Å². The molecule has 25 heavy (non-hydrogen) atoms. The number of aromatic nitrogens is 3. The van der Waals surface area contributed by atoms with Crippen molar-refractivity contribution in [3.63, 3.8) is 0 Å². The Morgan fingerprint density at radius 3 is 2.16 bits per heavy atom. The van der Waals surface area contributed by atoms with Crippen molar-refractivity contribution >= 4 is 52.5 Å². The Balaban J connectivity index is 2.00. The van der Waals surface area contributed by atoms with E-state index in [0.29, 0.717) is 11.8 Å². The van der Waals surface area contributed by atoms with Gasteiger partial charge in [-0.2, -0.15) is 9.97 Å². The van der Waals surface area contributed by atoms with Gasteiger partial charge in [-0.05, 0) is 25.4 Å². The summed E-state index contributed by atoms with van der Waals surface area (Å²) in [6.07, 6.45) is 2.03. The summed E-state index contributed by atoms with van der Waals surface area (Å²) in [4.78, 5) is 18.9. The lowest BCUT2D eigenvalue weighted by Crippen LogP contribution is -2.45. The fourth-order valence-electron chi connectivity index (χ4n) is 2.51. The number of piperazine rings is 1. The fourth-order valence-corrected chi connectivity index (χ4v) is 3.17. The highest BCUT2D eigenvalue weighted by Crippen LogP contribution is 2.37. The molecular formula is C16H18Cl3N5S. The largest absolute Gasteiger partial charge is 0.338 e. The van der Waals surface area contributed by atoms with Gasteiger partial charge < -0.3 is 9.80 Å². The van der Waals surface area contributed by atoms with Crippen molar-refractivity contribution in [1.82, 2.24) is 19.9 Å². The average molecular weight is 419 g/mol. The molecule has 1 aromatic heterocycles. The number of halogens is 3. The van der Waals surface area contributed by atoms with E-state index in [1.165, 1.54) is 4.90 Å². The predicted molar refractivity (Wildman–Crippen MR) is 106 cm³/mol. The van der Waals surface area contributed by atoms with Crippen molar-refractivity contribution in [3.8, 4) is 11.4 Å². The van der Waals surface area contributed by atoms with Gasteiger partial charge in [0, 0.05) is 36.6 Å². The molecule has 0 bridgehead atoms. The zero-order valence-corrected chi connectivity index (χ0v) is 17.0.